The van der Waals surface area contributed by atoms with Crippen LogP contribution in [0.2, 0.25) is 5.02 Å². The molecule has 1 spiro atoms. The molecule has 0 radical (unpaired) electrons. The Labute approximate surface area is 279 Å². The summed E-state index contributed by atoms with van der Waals surface area (Å²) in [7, 11) is 2.01. The van der Waals surface area contributed by atoms with E-state index >= 15 is 0 Å². The van der Waals surface area contributed by atoms with Crippen LogP contribution >= 0.6 is 11.6 Å². The number of aryl methyl sites for hydroxylation is 1. The second-order valence-electron chi connectivity index (χ2n) is 14.4. The number of benzene rings is 2. The number of hydrogen-bond donors (Lipinski definition) is 1. The summed E-state index contributed by atoms with van der Waals surface area (Å²) in [6.45, 7) is 6.32. The number of carbonyl (C=O) groups is 1. The SMILES string of the molecule is CO[C@]1(CN(C)C)/C=C\C[C@H](C)[C@@H](C)S(=O)(=O)NC(=O)c2ccc3c(c2)N(C[C@@H]2CC[C@H]21)C[C@@]1(CCCc2cc(Cl)ccc21)CO3. The summed E-state index contributed by atoms with van der Waals surface area (Å²) in [5, 5.41) is -0.0215. The monoisotopic (exact) mass is 669 g/mol. The lowest BCUT2D eigenvalue weighted by molar-refractivity contribution is -0.0861. The molecule has 0 aromatic heterocycles. The third-order valence-corrected chi connectivity index (χ3v) is 13.3. The molecule has 250 valence electrons. The standard InChI is InChI=1S/C36H48ClN3O5S/c1-24-8-6-17-36(44-5,22-39(3)4)31-13-10-28(31)20-40-21-35(16-7-9-26-18-29(37)12-14-30(26)35)23-45-33-15-11-27(19-32(33)40)34(41)38-46(42,43)25(24)2/h6,11-12,14-15,17-19,24-25,28,31H,7-10,13,16,20-23H2,1-5H3,(H,38,41)/b17-6-/t24-,25+,28-,31+,35-,36-/m0/s1. The molecule has 6 atom stereocenters. The highest BCUT2D eigenvalue weighted by Crippen LogP contribution is 2.49. The maximum Gasteiger partial charge on any atom is 0.264 e. The highest BCUT2D eigenvalue weighted by Gasteiger charge is 2.49. The van der Waals surface area contributed by atoms with E-state index in [9.17, 15) is 13.2 Å². The van der Waals surface area contributed by atoms with E-state index in [1.165, 1.54) is 11.1 Å². The number of halogens is 1. The number of hydrogen-bond acceptors (Lipinski definition) is 7. The number of ether oxygens (including phenoxy) is 2. The molecule has 2 heterocycles. The van der Waals surface area contributed by atoms with Crippen LogP contribution in [0.25, 0.3) is 0 Å². The first-order valence-electron chi connectivity index (χ1n) is 16.6. The molecule has 0 unspecified atom stereocenters. The van der Waals surface area contributed by atoms with Crippen LogP contribution < -0.4 is 14.4 Å². The van der Waals surface area contributed by atoms with Crippen molar-refractivity contribution in [3.8, 4) is 5.75 Å². The fraction of sp³-hybridized carbons (Fsp3) is 0.583. The molecule has 10 heteroatoms. The van der Waals surface area contributed by atoms with Gasteiger partial charge in [0.05, 0.1) is 17.5 Å². The van der Waals surface area contributed by atoms with Crippen molar-refractivity contribution in [2.24, 2.45) is 17.8 Å². The number of rotatable bonds is 3. The van der Waals surface area contributed by atoms with E-state index in [0.717, 1.165) is 62.4 Å². The van der Waals surface area contributed by atoms with Gasteiger partial charge in [0, 0.05) is 42.7 Å². The van der Waals surface area contributed by atoms with E-state index in [1.807, 2.05) is 25.1 Å². The fourth-order valence-electron chi connectivity index (χ4n) is 8.30. The topological polar surface area (TPSA) is 88.2 Å². The number of nitrogens with zero attached hydrogens (tertiary/aromatic N) is 2. The third kappa shape index (κ3) is 6.20. The Balaban J connectivity index is 1.47. The van der Waals surface area contributed by atoms with Crippen molar-refractivity contribution >= 4 is 33.2 Å². The average molecular weight is 670 g/mol. The number of anilines is 1. The molecule has 8 nitrogen and oxygen atoms in total. The van der Waals surface area contributed by atoms with Gasteiger partial charge in [0.1, 0.15) is 11.4 Å². The quantitative estimate of drug-likeness (QED) is 0.412. The van der Waals surface area contributed by atoms with E-state index in [4.69, 9.17) is 21.1 Å². The van der Waals surface area contributed by atoms with Crippen LogP contribution in [-0.4, -0.2) is 77.5 Å². The van der Waals surface area contributed by atoms with Crippen LogP contribution in [0, 0.1) is 17.8 Å². The number of nitrogens with one attached hydrogen (secondary N) is 1. The molecule has 2 aliphatic heterocycles. The molecule has 4 aliphatic rings. The Morgan fingerprint density at radius 3 is 2.67 bits per heavy atom. The number of likely N-dealkylation sites (N-methyl/N-ethyl adjacent to an activating group) is 1. The van der Waals surface area contributed by atoms with Crippen LogP contribution in [0.4, 0.5) is 5.69 Å². The predicted molar refractivity (Wildman–Crippen MR) is 183 cm³/mol. The molecule has 2 aromatic rings. The maximum absolute atomic E-state index is 13.5. The first kappa shape index (κ1) is 33.3. The molecule has 2 bridgehead atoms. The highest BCUT2D eigenvalue weighted by molar-refractivity contribution is 7.90. The Morgan fingerprint density at radius 1 is 1.15 bits per heavy atom. The Morgan fingerprint density at radius 2 is 1.96 bits per heavy atom. The Hall–Kier alpha value is -2.59. The average Bonchev–Trinajstić information content (AvgIpc) is 3.14. The molecule has 1 N–H and O–H groups in total. The molecule has 6 rings (SSSR count). The van der Waals surface area contributed by atoms with E-state index in [1.54, 1.807) is 20.1 Å². The maximum atomic E-state index is 13.5. The van der Waals surface area contributed by atoms with Crippen LogP contribution in [0.15, 0.2) is 48.6 Å². The van der Waals surface area contributed by atoms with Gasteiger partial charge in [0.15, 0.2) is 0 Å². The van der Waals surface area contributed by atoms with Crippen molar-refractivity contribution in [1.29, 1.82) is 0 Å². The summed E-state index contributed by atoms with van der Waals surface area (Å²) in [6, 6.07) is 11.6. The zero-order valence-electron chi connectivity index (χ0n) is 27.7. The number of amides is 1. The van der Waals surface area contributed by atoms with Crippen LogP contribution in [-0.2, 0) is 26.6 Å². The molecule has 2 aromatic carbocycles. The molecule has 0 saturated heterocycles. The van der Waals surface area contributed by atoms with Crippen LogP contribution in [0.1, 0.15) is 67.4 Å². The predicted octanol–water partition coefficient (Wildman–Crippen LogP) is 5.83. The number of allylic oxidation sites excluding steroid dienone is 1. The van der Waals surface area contributed by atoms with Gasteiger partial charge in [0.2, 0.25) is 10.0 Å². The number of carbonyl (C=O) groups excluding carboxylic acids is 1. The lowest BCUT2D eigenvalue weighted by Crippen LogP contribution is -2.56. The van der Waals surface area contributed by atoms with Gasteiger partial charge < -0.3 is 19.3 Å². The second kappa shape index (κ2) is 12.8. The molecule has 46 heavy (non-hydrogen) atoms. The summed E-state index contributed by atoms with van der Waals surface area (Å²) in [6.07, 6.45) is 9.95. The first-order valence-corrected chi connectivity index (χ1v) is 18.5. The van der Waals surface area contributed by atoms with Crippen molar-refractivity contribution in [2.45, 2.75) is 68.6 Å². The third-order valence-electron chi connectivity index (χ3n) is 11.2. The summed E-state index contributed by atoms with van der Waals surface area (Å²) in [5.74, 6) is 0.506. The molecular weight excluding hydrogens is 622 g/mol. The summed E-state index contributed by atoms with van der Waals surface area (Å²) < 4.78 is 42.2. The van der Waals surface area contributed by atoms with Gasteiger partial charge >= 0.3 is 0 Å². The van der Waals surface area contributed by atoms with E-state index in [0.29, 0.717) is 30.3 Å². The lowest BCUT2D eigenvalue weighted by atomic mass is 9.63. The van der Waals surface area contributed by atoms with Crippen molar-refractivity contribution in [3.05, 3.63) is 70.3 Å². The van der Waals surface area contributed by atoms with E-state index in [2.05, 4.69) is 52.9 Å². The molecule has 1 fully saturated rings. The Kier molecular flexibility index (Phi) is 9.26. The minimum atomic E-state index is -3.93. The van der Waals surface area contributed by atoms with Crippen LogP contribution in [0.5, 0.6) is 5.75 Å². The minimum absolute atomic E-state index is 0.207. The Bertz CT molecular complexity index is 1610. The fourth-order valence-corrected chi connectivity index (χ4v) is 9.78. The largest absolute Gasteiger partial charge is 0.490 e. The van der Waals surface area contributed by atoms with Crippen molar-refractivity contribution in [3.63, 3.8) is 0 Å². The highest BCUT2D eigenvalue weighted by atomic mass is 35.5. The summed E-state index contributed by atoms with van der Waals surface area (Å²) >= 11 is 6.45. The normalized spacial score (nSPS) is 33.2. The summed E-state index contributed by atoms with van der Waals surface area (Å²) in [4.78, 5) is 18.1. The number of sulfonamides is 1. The molecule has 1 amide bonds. The van der Waals surface area contributed by atoms with E-state index in [-0.39, 0.29) is 17.3 Å². The summed E-state index contributed by atoms with van der Waals surface area (Å²) in [5.41, 5.74) is 2.91. The lowest BCUT2D eigenvalue weighted by Gasteiger charge is -2.51. The number of fused-ring (bicyclic) bond motifs is 4. The van der Waals surface area contributed by atoms with Gasteiger partial charge in [-0.2, -0.15) is 0 Å². The van der Waals surface area contributed by atoms with Gasteiger partial charge in [-0.1, -0.05) is 36.7 Å². The van der Waals surface area contributed by atoms with Crippen LogP contribution in [0.3, 0.4) is 0 Å². The minimum Gasteiger partial charge on any atom is -0.490 e. The van der Waals surface area contributed by atoms with Gasteiger partial charge in [-0.3, -0.25) is 4.79 Å². The smallest absolute Gasteiger partial charge is 0.264 e. The van der Waals surface area contributed by atoms with E-state index < -0.39 is 26.8 Å². The van der Waals surface area contributed by atoms with Crippen molar-refractivity contribution in [1.82, 2.24) is 9.62 Å². The van der Waals surface area contributed by atoms with Crippen molar-refractivity contribution in [2.75, 3.05) is 52.3 Å². The van der Waals surface area contributed by atoms with Gasteiger partial charge in [-0.15, -0.1) is 0 Å². The second-order valence-corrected chi connectivity index (χ2v) is 16.9. The zero-order chi connectivity index (χ0) is 32.9. The van der Waals surface area contributed by atoms with Gasteiger partial charge in [-0.05, 0) is 119 Å². The molecule has 1 saturated carbocycles. The van der Waals surface area contributed by atoms with Gasteiger partial charge in [0.25, 0.3) is 5.91 Å². The van der Waals surface area contributed by atoms with Crippen molar-refractivity contribution < 1.29 is 22.7 Å². The zero-order valence-corrected chi connectivity index (χ0v) is 29.3. The number of methoxy groups -OCH3 is 1. The van der Waals surface area contributed by atoms with Gasteiger partial charge in [-0.25, -0.2) is 13.1 Å². The molecular formula is C36H48ClN3O5S. The molecule has 2 aliphatic carbocycles. The first-order chi connectivity index (χ1) is 21.9.